The summed E-state index contributed by atoms with van der Waals surface area (Å²) < 4.78 is 0. The van der Waals surface area contributed by atoms with E-state index in [4.69, 9.17) is 11.5 Å². The highest BCUT2D eigenvalue weighted by Gasteiger charge is 1.92. The molecule has 3 heteroatoms. The smallest absolute Gasteiger partial charge is 0.0375 e. The summed E-state index contributed by atoms with van der Waals surface area (Å²) in [5.41, 5.74) is 12.5. The lowest BCUT2D eigenvalue weighted by molar-refractivity contribution is 1.24. The first-order chi connectivity index (χ1) is 5.34. The summed E-state index contributed by atoms with van der Waals surface area (Å²) in [6.45, 7) is 0.459. The van der Waals surface area contributed by atoms with Crippen LogP contribution in [0.25, 0.3) is 5.70 Å². The van der Waals surface area contributed by atoms with Gasteiger partial charge in [0, 0.05) is 30.2 Å². The van der Waals surface area contributed by atoms with Gasteiger partial charge in [-0.1, -0.05) is 0 Å². The Hall–Kier alpha value is -1.35. The topological polar surface area (TPSA) is 64.9 Å². The molecule has 0 spiro atoms. The fraction of sp³-hybridized carbons (Fsp3) is 0.125. The predicted octanol–water partition coefficient (Wildman–Crippen LogP) is 0.340. The van der Waals surface area contributed by atoms with Crippen molar-refractivity contribution in [1.29, 1.82) is 0 Å². The van der Waals surface area contributed by atoms with Crippen LogP contribution in [0.5, 0.6) is 0 Å². The van der Waals surface area contributed by atoms with E-state index in [1.165, 1.54) is 0 Å². The van der Waals surface area contributed by atoms with Crippen LogP contribution in [0.15, 0.2) is 30.6 Å². The second-order valence-corrected chi connectivity index (χ2v) is 2.14. The highest BCUT2D eigenvalue weighted by atomic mass is 14.6. The van der Waals surface area contributed by atoms with Gasteiger partial charge < -0.3 is 11.5 Å². The maximum atomic E-state index is 5.65. The van der Waals surface area contributed by atoms with Crippen LogP contribution < -0.4 is 11.5 Å². The Morgan fingerprint density at radius 2 is 2.45 bits per heavy atom. The number of nitrogens with zero attached hydrogens (tertiary/aromatic N) is 1. The molecule has 0 atom stereocenters. The van der Waals surface area contributed by atoms with Gasteiger partial charge in [-0.3, -0.25) is 4.98 Å². The van der Waals surface area contributed by atoms with Gasteiger partial charge in [0.05, 0.1) is 0 Å². The Labute approximate surface area is 65.7 Å². The van der Waals surface area contributed by atoms with Crippen LogP contribution in [-0.2, 0) is 0 Å². The maximum absolute atomic E-state index is 5.65. The van der Waals surface area contributed by atoms with Gasteiger partial charge in [0.1, 0.15) is 0 Å². The molecule has 0 saturated heterocycles. The summed E-state index contributed by atoms with van der Waals surface area (Å²) in [5, 5.41) is 0. The van der Waals surface area contributed by atoms with Gasteiger partial charge in [-0.05, 0) is 18.2 Å². The molecule has 0 saturated carbocycles. The molecule has 1 aromatic heterocycles. The molecule has 1 rings (SSSR count). The molecule has 11 heavy (non-hydrogen) atoms. The van der Waals surface area contributed by atoms with E-state index in [1.807, 2.05) is 12.1 Å². The van der Waals surface area contributed by atoms with Crippen LogP contribution in [0.1, 0.15) is 5.56 Å². The third kappa shape index (κ3) is 2.05. The van der Waals surface area contributed by atoms with Gasteiger partial charge in [-0.25, -0.2) is 0 Å². The fourth-order valence-electron chi connectivity index (χ4n) is 0.778. The molecule has 1 aromatic rings. The first-order valence-corrected chi connectivity index (χ1v) is 3.40. The van der Waals surface area contributed by atoms with Crippen molar-refractivity contribution in [3.8, 4) is 0 Å². The van der Waals surface area contributed by atoms with Crippen LogP contribution in [0, 0.1) is 0 Å². The second kappa shape index (κ2) is 3.73. The normalized spacial score (nSPS) is 11.5. The molecular formula is C8H11N3. The Bertz CT molecular complexity index is 241. The Kier molecular flexibility index (Phi) is 2.63. The van der Waals surface area contributed by atoms with E-state index in [1.54, 1.807) is 18.5 Å². The van der Waals surface area contributed by atoms with Crippen LogP contribution in [0.3, 0.4) is 0 Å². The molecule has 0 aliphatic heterocycles. The van der Waals surface area contributed by atoms with E-state index < -0.39 is 0 Å². The molecule has 4 N–H and O–H groups in total. The Balaban J connectivity index is 2.85. The Morgan fingerprint density at radius 1 is 1.64 bits per heavy atom. The van der Waals surface area contributed by atoms with Gasteiger partial charge in [-0.15, -0.1) is 0 Å². The lowest BCUT2D eigenvalue weighted by atomic mass is 10.2. The van der Waals surface area contributed by atoms with Crippen molar-refractivity contribution < 1.29 is 0 Å². The van der Waals surface area contributed by atoms with Crippen molar-refractivity contribution in [2.75, 3.05) is 6.54 Å². The minimum absolute atomic E-state index is 0.459. The van der Waals surface area contributed by atoms with Gasteiger partial charge in [-0.2, -0.15) is 0 Å². The van der Waals surface area contributed by atoms with Crippen LogP contribution in [-0.4, -0.2) is 11.5 Å². The highest BCUT2D eigenvalue weighted by Crippen LogP contribution is 2.04. The molecule has 0 radical (unpaired) electrons. The number of rotatable bonds is 2. The quantitative estimate of drug-likeness (QED) is 0.637. The monoisotopic (exact) mass is 149 g/mol. The van der Waals surface area contributed by atoms with Crippen LogP contribution >= 0.6 is 0 Å². The number of nitrogens with two attached hydrogens (primary N) is 2. The maximum Gasteiger partial charge on any atom is 0.0375 e. The second-order valence-electron chi connectivity index (χ2n) is 2.14. The van der Waals surface area contributed by atoms with E-state index >= 15 is 0 Å². The zero-order valence-electron chi connectivity index (χ0n) is 6.20. The van der Waals surface area contributed by atoms with Crippen molar-refractivity contribution >= 4 is 5.70 Å². The van der Waals surface area contributed by atoms with Gasteiger partial charge in [0.15, 0.2) is 0 Å². The summed E-state index contributed by atoms with van der Waals surface area (Å²) in [6, 6.07) is 3.74. The molecule has 0 aromatic carbocycles. The van der Waals surface area contributed by atoms with Crippen LogP contribution in [0.4, 0.5) is 0 Å². The molecule has 0 unspecified atom stereocenters. The summed E-state index contributed by atoms with van der Waals surface area (Å²) >= 11 is 0. The molecule has 3 nitrogen and oxygen atoms in total. The third-order valence-electron chi connectivity index (χ3n) is 1.33. The van der Waals surface area contributed by atoms with Crippen molar-refractivity contribution in [2.45, 2.75) is 0 Å². The third-order valence-corrected chi connectivity index (χ3v) is 1.33. The van der Waals surface area contributed by atoms with Crippen molar-refractivity contribution in [1.82, 2.24) is 4.98 Å². The lowest BCUT2D eigenvalue weighted by Crippen LogP contribution is -2.01. The first kappa shape index (κ1) is 7.75. The molecule has 0 bridgehead atoms. The van der Waals surface area contributed by atoms with Crippen molar-refractivity contribution in [3.05, 3.63) is 36.2 Å². The number of pyridine rings is 1. The van der Waals surface area contributed by atoms with E-state index in [9.17, 15) is 0 Å². The molecule has 0 aliphatic rings. The SMILES string of the molecule is NC/C=C(\N)c1cccnc1. The Morgan fingerprint density at radius 3 is 3.00 bits per heavy atom. The van der Waals surface area contributed by atoms with Gasteiger partial charge in [0.2, 0.25) is 0 Å². The molecule has 0 fully saturated rings. The summed E-state index contributed by atoms with van der Waals surface area (Å²) in [4.78, 5) is 3.93. The summed E-state index contributed by atoms with van der Waals surface area (Å²) in [5.74, 6) is 0. The average molecular weight is 149 g/mol. The van der Waals surface area contributed by atoms with E-state index in [-0.39, 0.29) is 0 Å². The lowest BCUT2D eigenvalue weighted by Gasteiger charge is -1.98. The summed E-state index contributed by atoms with van der Waals surface area (Å²) in [7, 11) is 0. The van der Waals surface area contributed by atoms with Crippen molar-refractivity contribution in [2.24, 2.45) is 11.5 Å². The number of aromatic nitrogens is 1. The minimum atomic E-state index is 0.459. The largest absolute Gasteiger partial charge is 0.398 e. The fourth-order valence-corrected chi connectivity index (χ4v) is 0.778. The molecule has 0 aliphatic carbocycles. The minimum Gasteiger partial charge on any atom is -0.398 e. The van der Waals surface area contributed by atoms with Crippen molar-refractivity contribution in [3.63, 3.8) is 0 Å². The van der Waals surface area contributed by atoms with Gasteiger partial charge in [0.25, 0.3) is 0 Å². The predicted molar refractivity (Wildman–Crippen MR) is 45.5 cm³/mol. The highest BCUT2D eigenvalue weighted by molar-refractivity contribution is 5.61. The zero-order valence-corrected chi connectivity index (χ0v) is 6.20. The van der Waals surface area contributed by atoms with E-state index in [2.05, 4.69) is 4.98 Å². The number of hydrogen-bond acceptors (Lipinski definition) is 3. The number of hydrogen-bond donors (Lipinski definition) is 2. The first-order valence-electron chi connectivity index (χ1n) is 3.40. The molecular weight excluding hydrogens is 138 g/mol. The molecule has 0 amide bonds. The van der Waals surface area contributed by atoms with Gasteiger partial charge >= 0.3 is 0 Å². The summed E-state index contributed by atoms with van der Waals surface area (Å²) in [6.07, 6.45) is 5.18. The standard InChI is InChI=1S/C8H11N3/c9-4-3-8(10)7-2-1-5-11-6-7/h1-3,5-6H,4,9-10H2/b8-3-. The van der Waals surface area contributed by atoms with E-state index in [0.29, 0.717) is 12.2 Å². The molecule has 1 heterocycles. The zero-order chi connectivity index (χ0) is 8.10. The van der Waals surface area contributed by atoms with Crippen LogP contribution in [0.2, 0.25) is 0 Å². The molecule has 58 valence electrons. The average Bonchev–Trinajstić information content (AvgIpc) is 2.07. The van der Waals surface area contributed by atoms with E-state index in [0.717, 1.165) is 5.56 Å².